The van der Waals surface area contributed by atoms with E-state index in [-0.39, 0.29) is 16.3 Å². The van der Waals surface area contributed by atoms with Crippen LogP contribution < -0.4 is 10.6 Å². The molecule has 0 bridgehead atoms. The number of aromatic nitrogens is 2. The molecule has 2 amide bonds. The van der Waals surface area contributed by atoms with E-state index in [1.54, 1.807) is 18.6 Å². The van der Waals surface area contributed by atoms with Crippen molar-refractivity contribution in [2.75, 3.05) is 11.9 Å². The third-order valence-corrected chi connectivity index (χ3v) is 3.03. The Hall–Kier alpha value is -2.54. The third-order valence-electron chi connectivity index (χ3n) is 2.71. The first-order valence-electron chi connectivity index (χ1n) is 6.12. The molecule has 7 nitrogen and oxygen atoms in total. The Morgan fingerprint density at radius 3 is 2.86 bits per heavy atom. The maximum absolute atomic E-state index is 11.7. The Kier molecular flexibility index (Phi) is 4.78. The van der Waals surface area contributed by atoms with Gasteiger partial charge in [-0.15, -0.1) is 0 Å². The van der Waals surface area contributed by atoms with E-state index in [0.29, 0.717) is 13.0 Å². The van der Waals surface area contributed by atoms with Gasteiger partial charge >= 0.3 is 12.0 Å². The van der Waals surface area contributed by atoms with E-state index < -0.39 is 12.0 Å². The second-order valence-electron chi connectivity index (χ2n) is 4.18. The van der Waals surface area contributed by atoms with Gasteiger partial charge < -0.3 is 20.7 Å². The predicted octanol–water partition coefficient (Wildman–Crippen LogP) is 2.13. The summed E-state index contributed by atoms with van der Waals surface area (Å²) in [7, 11) is 0. The van der Waals surface area contributed by atoms with Crippen LogP contribution in [0.5, 0.6) is 0 Å². The van der Waals surface area contributed by atoms with Gasteiger partial charge in [-0.2, -0.15) is 0 Å². The van der Waals surface area contributed by atoms with E-state index in [0.717, 1.165) is 5.69 Å². The molecule has 2 rings (SSSR count). The number of carboxylic acids is 1. The van der Waals surface area contributed by atoms with Gasteiger partial charge in [0.2, 0.25) is 0 Å². The van der Waals surface area contributed by atoms with Crippen LogP contribution in [0, 0.1) is 0 Å². The number of H-pyrrole nitrogens is 1. The Labute approximate surface area is 125 Å². The number of carbonyl (C=O) groups is 2. The zero-order chi connectivity index (χ0) is 15.2. The van der Waals surface area contributed by atoms with Crippen LogP contribution in [0.3, 0.4) is 0 Å². The molecule has 0 aliphatic heterocycles. The number of carbonyl (C=O) groups excluding carboxylic acids is 1. The number of nitrogens with zero attached hydrogens (tertiary/aromatic N) is 1. The molecule has 4 N–H and O–H groups in total. The zero-order valence-corrected chi connectivity index (χ0v) is 11.6. The van der Waals surface area contributed by atoms with Crippen LogP contribution in [0.1, 0.15) is 16.1 Å². The number of nitrogens with one attached hydrogen (secondary N) is 3. The number of hydrogen-bond acceptors (Lipinski definition) is 3. The number of imidazole rings is 1. The highest BCUT2D eigenvalue weighted by Crippen LogP contribution is 2.24. The molecule has 0 saturated carbocycles. The molecule has 110 valence electrons. The monoisotopic (exact) mass is 308 g/mol. The molecule has 0 aliphatic rings. The van der Waals surface area contributed by atoms with E-state index >= 15 is 0 Å². The molecule has 0 saturated heterocycles. The molecule has 0 unspecified atom stereocenters. The van der Waals surface area contributed by atoms with Crippen LogP contribution in [-0.2, 0) is 6.42 Å². The lowest BCUT2D eigenvalue weighted by molar-refractivity contribution is 0.0698. The molecule has 2 aromatic rings. The lowest BCUT2D eigenvalue weighted by Crippen LogP contribution is -2.31. The summed E-state index contributed by atoms with van der Waals surface area (Å²) in [6.07, 6.45) is 3.81. The molecule has 1 aromatic heterocycles. The first-order chi connectivity index (χ1) is 10.1. The van der Waals surface area contributed by atoms with E-state index in [9.17, 15) is 9.59 Å². The second-order valence-corrected chi connectivity index (χ2v) is 4.58. The van der Waals surface area contributed by atoms with Crippen LogP contribution in [-0.4, -0.2) is 33.6 Å². The topological polar surface area (TPSA) is 107 Å². The van der Waals surface area contributed by atoms with Crippen molar-refractivity contribution in [3.05, 3.63) is 47.0 Å². The number of rotatable bonds is 5. The smallest absolute Gasteiger partial charge is 0.339 e. The van der Waals surface area contributed by atoms with E-state index in [4.69, 9.17) is 16.7 Å². The van der Waals surface area contributed by atoms with Crippen LogP contribution in [0.25, 0.3) is 0 Å². The summed E-state index contributed by atoms with van der Waals surface area (Å²) >= 11 is 5.82. The minimum absolute atomic E-state index is 0.0674. The van der Waals surface area contributed by atoms with Gasteiger partial charge in [0.15, 0.2) is 0 Å². The standard InChI is InChI=1S/C13H13ClN4O3/c14-9-2-1-3-10(11(9)12(19)20)18-13(21)16-5-4-8-6-15-7-17-8/h1-3,6-7H,4-5H2,(H,15,17)(H,19,20)(H2,16,18,21). The predicted molar refractivity (Wildman–Crippen MR) is 77.7 cm³/mol. The molecule has 1 heterocycles. The van der Waals surface area contributed by atoms with Crippen molar-refractivity contribution < 1.29 is 14.7 Å². The molecular weight excluding hydrogens is 296 g/mol. The van der Waals surface area contributed by atoms with Crippen molar-refractivity contribution >= 4 is 29.3 Å². The number of amides is 2. The number of halogens is 1. The maximum atomic E-state index is 11.7. The molecular formula is C13H13ClN4O3. The first kappa shape index (κ1) is 14.9. The van der Waals surface area contributed by atoms with E-state index in [2.05, 4.69) is 20.6 Å². The average Bonchev–Trinajstić information content (AvgIpc) is 2.91. The molecule has 0 radical (unpaired) electrons. The van der Waals surface area contributed by atoms with Crippen LogP contribution in [0.4, 0.5) is 10.5 Å². The van der Waals surface area contributed by atoms with Crippen molar-refractivity contribution in [1.29, 1.82) is 0 Å². The molecule has 21 heavy (non-hydrogen) atoms. The maximum Gasteiger partial charge on any atom is 0.339 e. The lowest BCUT2D eigenvalue weighted by Gasteiger charge is -2.10. The first-order valence-corrected chi connectivity index (χ1v) is 6.49. The Balaban J connectivity index is 1.93. The van der Waals surface area contributed by atoms with Gasteiger partial charge in [0, 0.05) is 24.9 Å². The van der Waals surface area contributed by atoms with Crippen molar-refractivity contribution in [3.63, 3.8) is 0 Å². The lowest BCUT2D eigenvalue weighted by atomic mass is 10.2. The normalized spacial score (nSPS) is 10.1. The molecule has 1 aromatic carbocycles. The van der Waals surface area contributed by atoms with Crippen molar-refractivity contribution in [2.45, 2.75) is 6.42 Å². The van der Waals surface area contributed by atoms with Gasteiger partial charge in [-0.05, 0) is 12.1 Å². The number of urea groups is 1. The van der Waals surface area contributed by atoms with Gasteiger partial charge in [-0.1, -0.05) is 17.7 Å². The largest absolute Gasteiger partial charge is 0.478 e. The number of aromatic carboxylic acids is 1. The number of carboxylic acid groups (broad SMARTS) is 1. The van der Waals surface area contributed by atoms with Gasteiger partial charge in [0.05, 0.1) is 17.0 Å². The molecule has 0 aliphatic carbocycles. The van der Waals surface area contributed by atoms with E-state index in [1.807, 2.05) is 0 Å². The molecule has 0 atom stereocenters. The van der Waals surface area contributed by atoms with Gasteiger partial charge in [-0.25, -0.2) is 14.6 Å². The van der Waals surface area contributed by atoms with Crippen molar-refractivity contribution in [2.24, 2.45) is 0 Å². The van der Waals surface area contributed by atoms with Gasteiger partial charge in [-0.3, -0.25) is 0 Å². The highest BCUT2D eigenvalue weighted by molar-refractivity contribution is 6.34. The highest BCUT2D eigenvalue weighted by atomic mass is 35.5. The number of hydrogen-bond donors (Lipinski definition) is 4. The van der Waals surface area contributed by atoms with Gasteiger partial charge in [0.1, 0.15) is 5.56 Å². The number of aromatic amines is 1. The fourth-order valence-corrected chi connectivity index (χ4v) is 2.00. The summed E-state index contributed by atoms with van der Waals surface area (Å²) in [4.78, 5) is 29.6. The zero-order valence-electron chi connectivity index (χ0n) is 10.9. The summed E-state index contributed by atoms with van der Waals surface area (Å²) < 4.78 is 0. The summed E-state index contributed by atoms with van der Waals surface area (Å²) in [6.45, 7) is 0.386. The van der Waals surface area contributed by atoms with Crippen molar-refractivity contribution in [3.8, 4) is 0 Å². The van der Waals surface area contributed by atoms with Crippen LogP contribution >= 0.6 is 11.6 Å². The summed E-state index contributed by atoms with van der Waals surface area (Å²) in [6, 6.07) is 3.99. The fourth-order valence-electron chi connectivity index (χ4n) is 1.74. The quantitative estimate of drug-likeness (QED) is 0.678. The Morgan fingerprint density at radius 1 is 1.38 bits per heavy atom. The SMILES string of the molecule is O=C(NCCc1cnc[nH]1)Nc1cccc(Cl)c1C(=O)O. The van der Waals surface area contributed by atoms with Crippen LogP contribution in [0.15, 0.2) is 30.7 Å². The number of benzene rings is 1. The fraction of sp³-hybridized carbons (Fsp3) is 0.154. The average molecular weight is 309 g/mol. The molecule has 0 spiro atoms. The highest BCUT2D eigenvalue weighted by Gasteiger charge is 2.15. The number of anilines is 1. The third kappa shape index (κ3) is 3.96. The second kappa shape index (κ2) is 6.76. The van der Waals surface area contributed by atoms with E-state index in [1.165, 1.54) is 12.1 Å². The van der Waals surface area contributed by atoms with Crippen molar-refractivity contribution in [1.82, 2.24) is 15.3 Å². The minimum atomic E-state index is -1.20. The summed E-state index contributed by atoms with van der Waals surface area (Å²) in [5.41, 5.74) is 0.904. The minimum Gasteiger partial charge on any atom is -0.478 e. The summed E-state index contributed by atoms with van der Waals surface area (Å²) in [5, 5.41) is 14.3. The summed E-state index contributed by atoms with van der Waals surface area (Å²) in [5.74, 6) is -1.20. The Morgan fingerprint density at radius 2 is 2.19 bits per heavy atom. The Bertz CT molecular complexity index is 643. The van der Waals surface area contributed by atoms with Gasteiger partial charge in [0.25, 0.3) is 0 Å². The molecule has 8 heteroatoms. The molecule has 0 fully saturated rings. The van der Waals surface area contributed by atoms with Crippen LogP contribution in [0.2, 0.25) is 5.02 Å².